The number of fused-ring (bicyclic) bond motifs is 2. The fourth-order valence-electron chi connectivity index (χ4n) is 4.99. The summed E-state index contributed by atoms with van der Waals surface area (Å²) in [5, 5.41) is 0. The number of rotatable bonds is 2. The van der Waals surface area contributed by atoms with Gasteiger partial charge in [0.2, 0.25) is 0 Å². The highest BCUT2D eigenvalue weighted by molar-refractivity contribution is 5.00. The lowest BCUT2D eigenvalue weighted by Crippen LogP contribution is -2.28. The molecule has 0 aromatic heterocycles. The summed E-state index contributed by atoms with van der Waals surface area (Å²) in [5.74, 6) is 2.53. The molecule has 0 aromatic carbocycles. The standard InChI is InChI=1S/C16H24O3/c1-2-9(6-14-12(3-1)18-14)11-7-15-13(19-15)5-4-10(11)16-8-17-16/h9-16H,1-8H2. The minimum Gasteiger partial charge on any atom is -0.373 e. The lowest BCUT2D eigenvalue weighted by molar-refractivity contribution is 0.123. The van der Waals surface area contributed by atoms with Crippen molar-refractivity contribution in [1.29, 1.82) is 0 Å². The molecule has 5 aliphatic rings. The Labute approximate surface area is 115 Å². The van der Waals surface area contributed by atoms with Crippen LogP contribution in [-0.4, -0.2) is 37.1 Å². The molecule has 0 aromatic rings. The van der Waals surface area contributed by atoms with Crippen LogP contribution < -0.4 is 0 Å². The molecular formula is C16H24O3. The molecule has 3 aliphatic heterocycles. The first-order valence-corrected chi connectivity index (χ1v) is 8.31. The van der Waals surface area contributed by atoms with Crippen LogP contribution in [0.1, 0.15) is 44.9 Å². The van der Waals surface area contributed by atoms with Gasteiger partial charge in [0.15, 0.2) is 0 Å². The zero-order valence-corrected chi connectivity index (χ0v) is 11.5. The average Bonchev–Trinajstić information content (AvgIpc) is 3.18. The Bertz CT molecular complexity index is 367. The molecule has 0 bridgehead atoms. The maximum Gasteiger partial charge on any atom is 0.0844 e. The molecule has 0 radical (unpaired) electrons. The Morgan fingerprint density at radius 1 is 0.632 bits per heavy atom. The lowest BCUT2D eigenvalue weighted by Gasteiger charge is -2.32. The third-order valence-corrected chi connectivity index (χ3v) is 6.26. The fraction of sp³-hybridized carbons (Fsp3) is 1.00. The van der Waals surface area contributed by atoms with Crippen molar-refractivity contribution in [1.82, 2.24) is 0 Å². The van der Waals surface area contributed by atoms with Crippen molar-refractivity contribution in [3.8, 4) is 0 Å². The van der Waals surface area contributed by atoms with Crippen LogP contribution in [0, 0.1) is 17.8 Å². The molecule has 0 spiro atoms. The van der Waals surface area contributed by atoms with Crippen molar-refractivity contribution in [3.63, 3.8) is 0 Å². The van der Waals surface area contributed by atoms with Crippen molar-refractivity contribution in [2.24, 2.45) is 17.8 Å². The average molecular weight is 264 g/mol. The highest BCUT2D eigenvalue weighted by Crippen LogP contribution is 2.51. The topological polar surface area (TPSA) is 37.6 Å². The molecule has 0 amide bonds. The van der Waals surface area contributed by atoms with Gasteiger partial charge in [0.05, 0.1) is 37.1 Å². The third kappa shape index (κ3) is 2.14. The van der Waals surface area contributed by atoms with Gasteiger partial charge in [0.25, 0.3) is 0 Å². The van der Waals surface area contributed by atoms with Crippen LogP contribution in [0.2, 0.25) is 0 Å². The van der Waals surface area contributed by atoms with E-state index in [1.807, 2.05) is 0 Å². The molecule has 3 nitrogen and oxygen atoms in total. The van der Waals surface area contributed by atoms with Crippen molar-refractivity contribution in [2.45, 2.75) is 75.5 Å². The van der Waals surface area contributed by atoms with Crippen molar-refractivity contribution in [3.05, 3.63) is 0 Å². The largest absolute Gasteiger partial charge is 0.373 e. The molecule has 8 unspecified atom stereocenters. The first kappa shape index (κ1) is 11.5. The summed E-state index contributed by atoms with van der Waals surface area (Å²) >= 11 is 0. The summed E-state index contributed by atoms with van der Waals surface area (Å²) in [6.45, 7) is 1.02. The third-order valence-electron chi connectivity index (χ3n) is 6.26. The number of epoxide rings is 3. The van der Waals surface area contributed by atoms with E-state index in [0.29, 0.717) is 30.5 Å². The second-order valence-electron chi connectivity index (χ2n) is 7.37. The number of ether oxygens (including phenoxy) is 3. The summed E-state index contributed by atoms with van der Waals surface area (Å²) in [6.07, 6.45) is 12.3. The fourth-order valence-corrected chi connectivity index (χ4v) is 4.99. The quantitative estimate of drug-likeness (QED) is 0.719. The molecule has 5 fully saturated rings. The lowest BCUT2D eigenvalue weighted by atomic mass is 9.73. The second kappa shape index (κ2) is 4.19. The Morgan fingerprint density at radius 3 is 2.26 bits per heavy atom. The summed E-state index contributed by atoms with van der Waals surface area (Å²) < 4.78 is 17.3. The SMILES string of the molecule is C1CC(C2CC3OC3CCC2C2CO2)CC2OC2C1. The van der Waals surface area contributed by atoms with Gasteiger partial charge in [-0.1, -0.05) is 6.42 Å². The normalized spacial score (nSPS) is 59.4. The van der Waals surface area contributed by atoms with Crippen molar-refractivity contribution < 1.29 is 14.2 Å². The summed E-state index contributed by atoms with van der Waals surface area (Å²) in [4.78, 5) is 0. The highest BCUT2D eigenvalue weighted by atomic mass is 16.6. The first-order valence-electron chi connectivity index (χ1n) is 8.31. The molecule has 3 heteroatoms. The smallest absolute Gasteiger partial charge is 0.0844 e. The predicted octanol–water partition coefficient (Wildman–Crippen LogP) is 2.53. The van der Waals surface area contributed by atoms with Gasteiger partial charge in [-0.05, 0) is 56.3 Å². The van der Waals surface area contributed by atoms with Crippen LogP contribution in [0.4, 0.5) is 0 Å². The van der Waals surface area contributed by atoms with Crippen LogP contribution >= 0.6 is 0 Å². The van der Waals surface area contributed by atoms with Gasteiger partial charge in [-0.15, -0.1) is 0 Å². The van der Waals surface area contributed by atoms with E-state index in [4.69, 9.17) is 14.2 Å². The van der Waals surface area contributed by atoms with Gasteiger partial charge in [0.1, 0.15) is 0 Å². The summed E-state index contributed by atoms with van der Waals surface area (Å²) in [5.41, 5.74) is 0. The van der Waals surface area contributed by atoms with Gasteiger partial charge in [-0.25, -0.2) is 0 Å². The van der Waals surface area contributed by atoms with Gasteiger partial charge >= 0.3 is 0 Å². The van der Waals surface area contributed by atoms with Gasteiger partial charge in [-0.2, -0.15) is 0 Å². The minimum atomic E-state index is 0.585. The zero-order valence-electron chi connectivity index (χ0n) is 11.5. The summed E-state index contributed by atoms with van der Waals surface area (Å²) in [7, 11) is 0. The van der Waals surface area contributed by atoms with Crippen molar-refractivity contribution >= 4 is 0 Å². The van der Waals surface area contributed by atoms with Crippen LogP contribution in [0.15, 0.2) is 0 Å². The van der Waals surface area contributed by atoms with E-state index in [2.05, 4.69) is 0 Å². The monoisotopic (exact) mass is 264 g/mol. The zero-order chi connectivity index (χ0) is 12.4. The molecule has 0 N–H and O–H groups in total. The molecule has 2 saturated carbocycles. The molecule has 19 heavy (non-hydrogen) atoms. The second-order valence-corrected chi connectivity index (χ2v) is 7.37. The molecule has 5 rings (SSSR count). The minimum absolute atomic E-state index is 0.585. The van der Waals surface area contributed by atoms with Gasteiger partial charge < -0.3 is 14.2 Å². The highest BCUT2D eigenvalue weighted by Gasteiger charge is 2.52. The van der Waals surface area contributed by atoms with E-state index in [1.54, 1.807) is 0 Å². The molecular weight excluding hydrogens is 240 g/mol. The van der Waals surface area contributed by atoms with E-state index in [1.165, 1.54) is 44.9 Å². The van der Waals surface area contributed by atoms with E-state index < -0.39 is 0 Å². The maximum absolute atomic E-state index is 5.82. The maximum atomic E-state index is 5.82. The predicted molar refractivity (Wildman–Crippen MR) is 69.9 cm³/mol. The van der Waals surface area contributed by atoms with Gasteiger partial charge in [-0.3, -0.25) is 0 Å². The number of hydrogen-bond donors (Lipinski definition) is 0. The molecule has 3 saturated heterocycles. The summed E-state index contributed by atoms with van der Waals surface area (Å²) in [6, 6.07) is 0. The van der Waals surface area contributed by atoms with Crippen molar-refractivity contribution in [2.75, 3.05) is 6.61 Å². The molecule has 106 valence electrons. The number of hydrogen-bond acceptors (Lipinski definition) is 3. The Balaban J connectivity index is 1.36. The van der Waals surface area contributed by atoms with Crippen LogP contribution in [-0.2, 0) is 14.2 Å². The first-order chi connectivity index (χ1) is 9.38. The Kier molecular flexibility index (Phi) is 2.54. The van der Waals surface area contributed by atoms with E-state index in [-0.39, 0.29) is 0 Å². The van der Waals surface area contributed by atoms with E-state index in [0.717, 1.165) is 24.4 Å². The Morgan fingerprint density at radius 2 is 1.42 bits per heavy atom. The van der Waals surface area contributed by atoms with Crippen LogP contribution in [0.25, 0.3) is 0 Å². The Hall–Kier alpha value is -0.120. The van der Waals surface area contributed by atoms with Gasteiger partial charge in [0, 0.05) is 0 Å². The van der Waals surface area contributed by atoms with Crippen LogP contribution in [0.5, 0.6) is 0 Å². The van der Waals surface area contributed by atoms with E-state index in [9.17, 15) is 0 Å². The molecule has 3 heterocycles. The van der Waals surface area contributed by atoms with Crippen LogP contribution in [0.3, 0.4) is 0 Å². The van der Waals surface area contributed by atoms with E-state index >= 15 is 0 Å². The molecule has 2 aliphatic carbocycles. The molecule has 8 atom stereocenters.